The first-order chi connectivity index (χ1) is 10.1. The number of piperidine rings is 1. The zero-order chi connectivity index (χ0) is 15.2. The first-order valence-electron chi connectivity index (χ1n) is 8.13. The molecule has 3 heteroatoms. The van der Waals surface area contributed by atoms with Gasteiger partial charge in [0.25, 0.3) is 0 Å². The Balaban J connectivity index is 1.86. The topological polar surface area (TPSA) is 32.3 Å². The van der Waals surface area contributed by atoms with E-state index in [9.17, 15) is 4.79 Å². The van der Waals surface area contributed by atoms with E-state index in [-0.39, 0.29) is 11.9 Å². The summed E-state index contributed by atoms with van der Waals surface area (Å²) < 4.78 is 0. The van der Waals surface area contributed by atoms with Gasteiger partial charge in [0, 0.05) is 6.42 Å². The lowest BCUT2D eigenvalue weighted by molar-refractivity contribution is -0.123. The Morgan fingerprint density at radius 3 is 2.48 bits per heavy atom. The molecule has 1 aromatic rings. The highest BCUT2D eigenvalue weighted by atomic mass is 16.1. The van der Waals surface area contributed by atoms with Crippen molar-refractivity contribution in [2.75, 3.05) is 20.1 Å². The molecule has 2 rings (SSSR count). The van der Waals surface area contributed by atoms with Crippen LogP contribution in [0.25, 0.3) is 0 Å². The largest absolute Gasteiger partial charge is 0.349 e. The molecule has 116 valence electrons. The fraction of sp³-hybridized carbons (Fsp3) is 0.611. The molecule has 1 atom stereocenters. The average molecular weight is 288 g/mol. The molecule has 1 fully saturated rings. The number of carbonyl (C=O) groups is 1. The van der Waals surface area contributed by atoms with E-state index in [2.05, 4.69) is 55.4 Å². The number of carbonyl (C=O) groups excluding carboxylic acids is 1. The third-order valence-corrected chi connectivity index (χ3v) is 4.54. The van der Waals surface area contributed by atoms with Gasteiger partial charge in [-0.2, -0.15) is 0 Å². The molecule has 0 aromatic heterocycles. The maximum atomic E-state index is 12.3. The van der Waals surface area contributed by atoms with Crippen molar-refractivity contribution in [2.24, 2.45) is 5.92 Å². The quantitative estimate of drug-likeness (QED) is 0.901. The van der Waals surface area contributed by atoms with E-state index in [1.54, 1.807) is 0 Å². The summed E-state index contributed by atoms with van der Waals surface area (Å²) in [6.45, 7) is 6.45. The number of aryl methyl sites for hydroxylation is 1. The van der Waals surface area contributed by atoms with E-state index >= 15 is 0 Å². The van der Waals surface area contributed by atoms with Crippen molar-refractivity contribution >= 4 is 5.91 Å². The first kappa shape index (κ1) is 16.0. The van der Waals surface area contributed by atoms with Crippen molar-refractivity contribution in [2.45, 2.75) is 45.6 Å². The zero-order valence-corrected chi connectivity index (χ0v) is 13.6. The second-order valence-corrected chi connectivity index (χ2v) is 6.39. The Morgan fingerprint density at radius 2 is 1.90 bits per heavy atom. The zero-order valence-electron chi connectivity index (χ0n) is 13.6. The van der Waals surface area contributed by atoms with Crippen molar-refractivity contribution in [3.8, 4) is 0 Å². The predicted molar refractivity (Wildman–Crippen MR) is 87.2 cm³/mol. The summed E-state index contributed by atoms with van der Waals surface area (Å²) in [4.78, 5) is 14.6. The van der Waals surface area contributed by atoms with Gasteiger partial charge < -0.3 is 10.2 Å². The average Bonchev–Trinajstić information content (AvgIpc) is 2.48. The van der Waals surface area contributed by atoms with E-state index in [1.165, 1.54) is 11.1 Å². The van der Waals surface area contributed by atoms with Crippen LogP contribution >= 0.6 is 0 Å². The molecular weight excluding hydrogens is 260 g/mol. The summed E-state index contributed by atoms with van der Waals surface area (Å²) in [6, 6.07) is 8.62. The summed E-state index contributed by atoms with van der Waals surface area (Å²) in [5.74, 6) is 0.758. The molecule has 1 saturated heterocycles. The summed E-state index contributed by atoms with van der Waals surface area (Å²) in [5, 5.41) is 3.21. The molecule has 0 spiro atoms. The molecule has 0 saturated carbocycles. The Hall–Kier alpha value is -1.35. The Morgan fingerprint density at radius 1 is 1.29 bits per heavy atom. The highest BCUT2D eigenvalue weighted by molar-refractivity contribution is 5.76. The van der Waals surface area contributed by atoms with Crippen LogP contribution in [0, 0.1) is 12.8 Å². The van der Waals surface area contributed by atoms with Gasteiger partial charge in [-0.1, -0.05) is 36.8 Å². The number of rotatable bonds is 5. The first-order valence-corrected chi connectivity index (χ1v) is 8.13. The minimum atomic E-state index is 0.143. The van der Waals surface area contributed by atoms with Gasteiger partial charge in [0.05, 0.1) is 6.04 Å². The van der Waals surface area contributed by atoms with Crippen molar-refractivity contribution in [1.29, 1.82) is 0 Å². The van der Waals surface area contributed by atoms with Gasteiger partial charge in [-0.15, -0.1) is 0 Å². The molecule has 0 unspecified atom stereocenters. The third kappa shape index (κ3) is 4.85. The molecule has 1 aliphatic heterocycles. The second-order valence-electron chi connectivity index (χ2n) is 6.39. The molecule has 0 aliphatic carbocycles. The van der Waals surface area contributed by atoms with Crippen molar-refractivity contribution in [1.82, 2.24) is 10.2 Å². The monoisotopic (exact) mass is 288 g/mol. The number of hydrogen-bond acceptors (Lipinski definition) is 2. The van der Waals surface area contributed by atoms with E-state index in [4.69, 9.17) is 0 Å². The van der Waals surface area contributed by atoms with Crippen LogP contribution in [-0.4, -0.2) is 30.9 Å². The predicted octanol–water partition coefficient (Wildman–Crippen LogP) is 3.29. The van der Waals surface area contributed by atoms with Crippen LogP contribution in [0.4, 0.5) is 0 Å². The summed E-state index contributed by atoms with van der Waals surface area (Å²) >= 11 is 0. The number of benzene rings is 1. The Kier molecular flexibility index (Phi) is 5.80. The molecule has 3 nitrogen and oxygen atoms in total. The normalized spacial score (nSPS) is 18.4. The summed E-state index contributed by atoms with van der Waals surface area (Å²) in [5.41, 5.74) is 2.46. The van der Waals surface area contributed by atoms with E-state index in [0.29, 0.717) is 12.3 Å². The minimum absolute atomic E-state index is 0.143. The fourth-order valence-electron chi connectivity index (χ4n) is 3.00. The highest BCUT2D eigenvalue weighted by Gasteiger charge is 2.21. The van der Waals surface area contributed by atoms with Gasteiger partial charge in [0.2, 0.25) is 5.91 Å². The molecule has 1 N–H and O–H groups in total. The maximum absolute atomic E-state index is 12.3. The van der Waals surface area contributed by atoms with Crippen molar-refractivity contribution in [3.63, 3.8) is 0 Å². The van der Waals surface area contributed by atoms with Crippen LogP contribution in [0.3, 0.4) is 0 Å². The van der Waals surface area contributed by atoms with Gasteiger partial charge in [-0.05, 0) is 57.8 Å². The summed E-state index contributed by atoms with van der Waals surface area (Å²) in [6.07, 6.45) is 3.90. The van der Waals surface area contributed by atoms with Gasteiger partial charge >= 0.3 is 0 Å². The van der Waals surface area contributed by atoms with Gasteiger partial charge in [0.15, 0.2) is 0 Å². The molecule has 1 aromatic carbocycles. The van der Waals surface area contributed by atoms with Crippen LogP contribution in [0.2, 0.25) is 0 Å². The number of amides is 1. The number of hydrogen-bond donors (Lipinski definition) is 1. The summed E-state index contributed by atoms with van der Waals surface area (Å²) in [7, 11) is 2.15. The van der Waals surface area contributed by atoms with Gasteiger partial charge in [-0.3, -0.25) is 4.79 Å². The minimum Gasteiger partial charge on any atom is -0.349 e. The molecular formula is C18H28N2O. The second kappa shape index (κ2) is 7.60. The maximum Gasteiger partial charge on any atom is 0.220 e. The molecule has 0 radical (unpaired) electrons. The fourth-order valence-corrected chi connectivity index (χ4v) is 3.00. The number of likely N-dealkylation sites (tertiary alicyclic amines) is 1. The molecule has 1 amide bonds. The number of nitrogens with zero attached hydrogens (tertiary/aromatic N) is 1. The van der Waals surface area contributed by atoms with E-state index < -0.39 is 0 Å². The Bertz CT molecular complexity index is 447. The molecule has 1 heterocycles. The lowest BCUT2D eigenvalue weighted by Gasteiger charge is -2.29. The van der Waals surface area contributed by atoms with Crippen LogP contribution < -0.4 is 5.32 Å². The van der Waals surface area contributed by atoms with Crippen LogP contribution in [0.5, 0.6) is 0 Å². The Labute approximate surface area is 128 Å². The lowest BCUT2D eigenvalue weighted by Crippen LogP contribution is -2.34. The molecule has 1 aliphatic rings. The highest BCUT2D eigenvalue weighted by Crippen LogP contribution is 2.21. The van der Waals surface area contributed by atoms with Crippen LogP contribution in [0.1, 0.15) is 49.8 Å². The van der Waals surface area contributed by atoms with E-state index in [1.807, 2.05) is 0 Å². The molecule has 0 bridgehead atoms. The SMILES string of the molecule is CC[C@H](NC(=O)CC1CCN(C)CC1)c1ccc(C)cc1. The van der Waals surface area contributed by atoms with E-state index in [0.717, 1.165) is 32.4 Å². The smallest absolute Gasteiger partial charge is 0.220 e. The van der Waals surface area contributed by atoms with Gasteiger partial charge in [-0.25, -0.2) is 0 Å². The van der Waals surface area contributed by atoms with Crippen LogP contribution in [-0.2, 0) is 4.79 Å². The van der Waals surface area contributed by atoms with Crippen molar-refractivity contribution in [3.05, 3.63) is 35.4 Å². The lowest BCUT2D eigenvalue weighted by atomic mass is 9.93. The number of nitrogens with one attached hydrogen (secondary N) is 1. The van der Waals surface area contributed by atoms with Crippen LogP contribution in [0.15, 0.2) is 24.3 Å². The standard InChI is InChI=1S/C18H28N2O/c1-4-17(16-7-5-14(2)6-8-16)19-18(21)13-15-9-11-20(3)12-10-15/h5-8,15,17H,4,9-13H2,1-3H3,(H,19,21)/t17-/m0/s1. The van der Waals surface area contributed by atoms with Crippen molar-refractivity contribution < 1.29 is 4.79 Å². The molecule has 21 heavy (non-hydrogen) atoms. The van der Waals surface area contributed by atoms with Gasteiger partial charge in [0.1, 0.15) is 0 Å². The third-order valence-electron chi connectivity index (χ3n) is 4.54.